The van der Waals surface area contributed by atoms with Crippen molar-refractivity contribution in [1.82, 2.24) is 19.8 Å². The fourth-order valence-electron chi connectivity index (χ4n) is 5.41. The third-order valence-electron chi connectivity index (χ3n) is 7.45. The molecule has 3 aromatic rings. The van der Waals surface area contributed by atoms with E-state index in [0.29, 0.717) is 18.9 Å². The van der Waals surface area contributed by atoms with Gasteiger partial charge in [0.1, 0.15) is 11.6 Å². The van der Waals surface area contributed by atoms with Crippen molar-refractivity contribution in [3.8, 4) is 0 Å². The first kappa shape index (κ1) is 24.3. The predicted octanol–water partition coefficient (Wildman–Crippen LogP) is 4.38. The molecule has 188 valence electrons. The number of likely N-dealkylation sites (N-methyl/N-ethyl adjacent to an activating group) is 1. The van der Waals surface area contributed by atoms with Gasteiger partial charge in [-0.3, -0.25) is 4.79 Å². The predicted molar refractivity (Wildman–Crippen MR) is 134 cm³/mol. The van der Waals surface area contributed by atoms with Crippen LogP contribution in [0.25, 0.3) is 0 Å². The normalized spacial score (nSPS) is 22.2. The highest BCUT2D eigenvalue weighted by Gasteiger charge is 2.39. The van der Waals surface area contributed by atoms with Crippen LogP contribution < -0.4 is 5.32 Å². The van der Waals surface area contributed by atoms with Gasteiger partial charge in [-0.15, -0.1) is 0 Å². The maximum atomic E-state index is 14.0. The number of nitrogens with zero attached hydrogens (tertiary/aromatic N) is 4. The Morgan fingerprint density at radius 1 is 1.11 bits per heavy atom. The summed E-state index contributed by atoms with van der Waals surface area (Å²) >= 11 is 0. The van der Waals surface area contributed by atoms with Gasteiger partial charge in [0.2, 0.25) is 11.9 Å². The second-order valence-corrected chi connectivity index (χ2v) is 9.91. The number of amides is 1. The molecule has 1 amide bonds. The molecule has 0 saturated carbocycles. The van der Waals surface area contributed by atoms with E-state index in [1.807, 2.05) is 23.1 Å². The molecule has 0 bridgehead atoms. The van der Waals surface area contributed by atoms with Gasteiger partial charge in [0, 0.05) is 42.7 Å². The highest BCUT2D eigenvalue weighted by Crippen LogP contribution is 2.35. The monoisotopic (exact) mass is 491 g/mol. The fourth-order valence-corrected chi connectivity index (χ4v) is 5.41. The first-order valence-corrected chi connectivity index (χ1v) is 12.5. The number of piperidine rings is 1. The van der Waals surface area contributed by atoms with Crippen molar-refractivity contribution in [3.05, 3.63) is 88.7 Å². The Labute approximate surface area is 210 Å². The van der Waals surface area contributed by atoms with Gasteiger partial charge in [0.05, 0.1) is 12.2 Å². The SMILES string of the molecule is C[C@@H]1Cc2cnc(NCc3c(F)cccc3F)nc2CN1C(=O)[C@H]1CCN(C)C[C@@H]1c1ccccc1. The van der Waals surface area contributed by atoms with Gasteiger partial charge < -0.3 is 15.1 Å². The van der Waals surface area contributed by atoms with Crippen LogP contribution in [0.5, 0.6) is 0 Å². The maximum absolute atomic E-state index is 14.0. The molecule has 3 heterocycles. The summed E-state index contributed by atoms with van der Waals surface area (Å²) < 4.78 is 28.0. The molecule has 0 unspecified atom stereocenters. The highest BCUT2D eigenvalue weighted by atomic mass is 19.1. The fraction of sp³-hybridized carbons (Fsp3) is 0.393. The quantitative estimate of drug-likeness (QED) is 0.574. The molecule has 8 heteroatoms. The number of anilines is 1. The van der Waals surface area contributed by atoms with Crippen LogP contribution in [0.1, 0.15) is 41.6 Å². The Kier molecular flexibility index (Phi) is 6.96. The van der Waals surface area contributed by atoms with E-state index in [1.165, 1.54) is 23.8 Å². The molecule has 2 aliphatic rings. The van der Waals surface area contributed by atoms with Gasteiger partial charge in [-0.25, -0.2) is 18.7 Å². The van der Waals surface area contributed by atoms with Crippen molar-refractivity contribution in [1.29, 1.82) is 0 Å². The number of likely N-dealkylation sites (tertiary alicyclic amines) is 1. The topological polar surface area (TPSA) is 61.4 Å². The van der Waals surface area contributed by atoms with E-state index < -0.39 is 11.6 Å². The summed E-state index contributed by atoms with van der Waals surface area (Å²) in [6, 6.07) is 14.1. The highest BCUT2D eigenvalue weighted by molar-refractivity contribution is 5.80. The number of halogens is 2. The minimum Gasteiger partial charge on any atom is -0.350 e. The van der Waals surface area contributed by atoms with Crippen LogP contribution >= 0.6 is 0 Å². The standard InChI is InChI=1S/C28H31F2N5O/c1-18-13-20-14-31-28(32-15-22-24(29)9-6-10-25(22)30)33-26(20)17-35(18)27(36)21-11-12-34(2)16-23(21)19-7-4-3-5-8-19/h3-10,14,18,21,23H,11-13,15-17H2,1-2H3,(H,31,32,33)/t18-,21+,23-/m1/s1. The largest absolute Gasteiger partial charge is 0.350 e. The van der Waals surface area contributed by atoms with E-state index in [2.05, 4.69) is 46.3 Å². The molecule has 1 saturated heterocycles. The minimum atomic E-state index is -0.614. The van der Waals surface area contributed by atoms with E-state index in [0.717, 1.165) is 30.8 Å². The third kappa shape index (κ3) is 4.95. The van der Waals surface area contributed by atoms with Crippen molar-refractivity contribution in [3.63, 3.8) is 0 Å². The second kappa shape index (κ2) is 10.3. The number of aromatic nitrogens is 2. The average Bonchev–Trinajstić information content (AvgIpc) is 2.88. The first-order valence-electron chi connectivity index (χ1n) is 12.5. The third-order valence-corrected chi connectivity index (χ3v) is 7.45. The summed E-state index contributed by atoms with van der Waals surface area (Å²) in [6.07, 6.45) is 3.24. The van der Waals surface area contributed by atoms with Crippen LogP contribution in [0.3, 0.4) is 0 Å². The van der Waals surface area contributed by atoms with E-state index in [4.69, 9.17) is 0 Å². The molecule has 1 aromatic heterocycles. The van der Waals surface area contributed by atoms with Gasteiger partial charge in [-0.1, -0.05) is 36.4 Å². The average molecular weight is 492 g/mol. The Morgan fingerprint density at radius 3 is 2.61 bits per heavy atom. The van der Waals surface area contributed by atoms with E-state index >= 15 is 0 Å². The molecule has 6 nitrogen and oxygen atoms in total. The number of benzene rings is 2. The Bertz CT molecular complexity index is 1220. The Hall–Kier alpha value is -3.39. The lowest BCUT2D eigenvalue weighted by atomic mass is 9.79. The summed E-state index contributed by atoms with van der Waals surface area (Å²) in [4.78, 5) is 27.1. The number of hydrogen-bond acceptors (Lipinski definition) is 5. The van der Waals surface area contributed by atoms with Crippen LogP contribution in [-0.4, -0.2) is 51.9 Å². The van der Waals surface area contributed by atoms with Gasteiger partial charge >= 0.3 is 0 Å². The molecule has 5 rings (SSSR count). The zero-order valence-electron chi connectivity index (χ0n) is 20.6. The lowest BCUT2D eigenvalue weighted by Gasteiger charge is -2.42. The van der Waals surface area contributed by atoms with Gasteiger partial charge in [-0.2, -0.15) is 0 Å². The lowest BCUT2D eigenvalue weighted by molar-refractivity contribution is -0.141. The first-order chi connectivity index (χ1) is 17.4. The molecule has 2 aliphatic heterocycles. The molecule has 3 atom stereocenters. The Balaban J connectivity index is 1.34. The number of carbonyl (C=O) groups is 1. The summed E-state index contributed by atoms with van der Waals surface area (Å²) in [5.74, 6) is -0.717. The van der Waals surface area contributed by atoms with Crippen molar-refractivity contribution in [2.75, 3.05) is 25.5 Å². The van der Waals surface area contributed by atoms with Crippen LogP contribution in [0.2, 0.25) is 0 Å². The smallest absolute Gasteiger partial charge is 0.227 e. The lowest BCUT2D eigenvalue weighted by Crippen LogP contribution is -2.50. The van der Waals surface area contributed by atoms with Crippen molar-refractivity contribution in [2.45, 2.75) is 44.8 Å². The number of hydrogen-bond donors (Lipinski definition) is 1. The summed E-state index contributed by atoms with van der Waals surface area (Å²) in [5, 5.41) is 2.93. The van der Waals surface area contributed by atoms with Crippen molar-refractivity contribution < 1.29 is 13.6 Å². The van der Waals surface area contributed by atoms with Crippen molar-refractivity contribution >= 4 is 11.9 Å². The molecule has 1 fully saturated rings. The molecule has 1 N–H and O–H groups in total. The van der Waals surface area contributed by atoms with Gasteiger partial charge in [0.15, 0.2) is 0 Å². The van der Waals surface area contributed by atoms with E-state index in [9.17, 15) is 13.6 Å². The van der Waals surface area contributed by atoms with Gasteiger partial charge in [-0.05, 0) is 56.6 Å². The van der Waals surface area contributed by atoms with Crippen LogP contribution in [0.15, 0.2) is 54.7 Å². The number of carbonyl (C=O) groups excluding carboxylic acids is 1. The van der Waals surface area contributed by atoms with Crippen molar-refractivity contribution in [2.24, 2.45) is 5.92 Å². The molecule has 0 spiro atoms. The van der Waals surface area contributed by atoms with Crippen LogP contribution in [-0.2, 0) is 24.3 Å². The molecular weight excluding hydrogens is 460 g/mol. The second-order valence-electron chi connectivity index (χ2n) is 9.91. The molecule has 0 aliphatic carbocycles. The molecule has 0 radical (unpaired) electrons. The minimum absolute atomic E-state index is 0.0380. The van der Waals surface area contributed by atoms with E-state index in [-0.39, 0.29) is 35.9 Å². The van der Waals surface area contributed by atoms with E-state index in [1.54, 1.807) is 6.20 Å². The summed E-state index contributed by atoms with van der Waals surface area (Å²) in [7, 11) is 2.11. The zero-order valence-corrected chi connectivity index (χ0v) is 20.6. The molecular formula is C28H31F2N5O. The number of nitrogens with one attached hydrogen (secondary N) is 1. The summed E-state index contributed by atoms with van der Waals surface area (Å²) in [5.41, 5.74) is 2.91. The Morgan fingerprint density at radius 2 is 1.86 bits per heavy atom. The van der Waals surface area contributed by atoms with Crippen LogP contribution in [0, 0.1) is 17.6 Å². The maximum Gasteiger partial charge on any atom is 0.227 e. The molecule has 36 heavy (non-hydrogen) atoms. The number of rotatable bonds is 5. The molecule has 2 aromatic carbocycles. The van der Waals surface area contributed by atoms with Crippen LogP contribution in [0.4, 0.5) is 14.7 Å². The zero-order chi connectivity index (χ0) is 25.2. The number of fused-ring (bicyclic) bond motifs is 1. The summed E-state index contributed by atoms with van der Waals surface area (Å²) in [6.45, 7) is 4.14. The van der Waals surface area contributed by atoms with Gasteiger partial charge in [0.25, 0.3) is 0 Å².